The lowest BCUT2D eigenvalue weighted by Crippen LogP contribution is -3.11. The van der Waals surface area contributed by atoms with Gasteiger partial charge in [-0.25, -0.2) is 0 Å². The Morgan fingerprint density at radius 1 is 1.42 bits per heavy atom. The van der Waals surface area contributed by atoms with Crippen molar-refractivity contribution in [1.82, 2.24) is 0 Å². The highest BCUT2D eigenvalue weighted by Gasteiger charge is 2.19. The molecule has 6 nitrogen and oxygen atoms in total. The minimum Gasteiger partial charge on any atom is -0.327 e. The van der Waals surface area contributed by atoms with E-state index in [-0.39, 0.29) is 11.6 Å². The third kappa shape index (κ3) is 3.74. The molecule has 2 rings (SSSR count). The summed E-state index contributed by atoms with van der Waals surface area (Å²) in [6.07, 6.45) is 2.34. The summed E-state index contributed by atoms with van der Waals surface area (Å²) in [5.74, 6) is -0.0635. The van der Waals surface area contributed by atoms with Crippen molar-refractivity contribution in [3.05, 3.63) is 32.8 Å². The number of anilines is 1. The number of amides is 1. The van der Waals surface area contributed by atoms with Crippen LogP contribution in [0.1, 0.15) is 12.8 Å². The second-order valence-electron chi connectivity index (χ2n) is 4.60. The van der Waals surface area contributed by atoms with E-state index in [2.05, 4.69) is 21.2 Å². The molecule has 102 valence electrons. The molecule has 1 aliphatic heterocycles. The Morgan fingerprint density at radius 2 is 2.11 bits per heavy atom. The number of benzene rings is 1. The first-order valence-corrected chi connectivity index (χ1v) is 6.93. The summed E-state index contributed by atoms with van der Waals surface area (Å²) in [7, 11) is 0. The zero-order valence-electron chi connectivity index (χ0n) is 10.3. The third-order valence-electron chi connectivity index (χ3n) is 3.16. The average Bonchev–Trinajstić information content (AvgIpc) is 2.84. The number of rotatable bonds is 4. The van der Waals surface area contributed by atoms with Gasteiger partial charge in [0.2, 0.25) is 0 Å². The summed E-state index contributed by atoms with van der Waals surface area (Å²) in [6.45, 7) is 2.52. The predicted molar refractivity (Wildman–Crippen MR) is 74.2 cm³/mol. The summed E-state index contributed by atoms with van der Waals surface area (Å²) in [4.78, 5) is 23.3. The van der Waals surface area contributed by atoms with Crippen molar-refractivity contribution in [3.63, 3.8) is 0 Å². The normalized spacial score (nSPS) is 15.4. The van der Waals surface area contributed by atoms with Crippen LogP contribution < -0.4 is 10.2 Å². The lowest BCUT2D eigenvalue weighted by molar-refractivity contribution is -0.878. The van der Waals surface area contributed by atoms with Crippen LogP contribution in [0.25, 0.3) is 0 Å². The minimum absolute atomic E-state index is 0.00459. The number of nitrogens with one attached hydrogen (secondary N) is 2. The molecule has 0 aromatic heterocycles. The molecular formula is C12H15BrN3O3+. The maximum absolute atomic E-state index is 11.9. The van der Waals surface area contributed by atoms with Crippen molar-refractivity contribution < 1.29 is 14.6 Å². The SMILES string of the molecule is O=C(C[NH+]1CCCC1)Nc1ccc([N+](=O)[O-])cc1Br. The quantitative estimate of drug-likeness (QED) is 0.638. The number of non-ortho nitro benzene ring substituents is 1. The molecular weight excluding hydrogens is 314 g/mol. The largest absolute Gasteiger partial charge is 0.327 e. The van der Waals surface area contributed by atoms with E-state index in [0.717, 1.165) is 13.1 Å². The molecule has 19 heavy (non-hydrogen) atoms. The van der Waals surface area contributed by atoms with Gasteiger partial charge < -0.3 is 10.2 Å². The number of nitrogens with zero attached hydrogens (tertiary/aromatic N) is 1. The summed E-state index contributed by atoms with van der Waals surface area (Å²) in [5.41, 5.74) is 0.559. The zero-order chi connectivity index (χ0) is 13.8. The van der Waals surface area contributed by atoms with E-state index in [1.54, 1.807) is 6.07 Å². The van der Waals surface area contributed by atoms with Gasteiger partial charge in [0.25, 0.3) is 11.6 Å². The second kappa shape index (κ2) is 6.12. The first-order valence-electron chi connectivity index (χ1n) is 6.13. The molecule has 1 amide bonds. The topological polar surface area (TPSA) is 76.7 Å². The maximum atomic E-state index is 11.9. The van der Waals surface area contributed by atoms with Gasteiger partial charge in [-0.3, -0.25) is 14.9 Å². The summed E-state index contributed by atoms with van der Waals surface area (Å²) < 4.78 is 0.520. The molecule has 0 unspecified atom stereocenters. The summed E-state index contributed by atoms with van der Waals surface area (Å²) in [5, 5.41) is 13.4. The van der Waals surface area contributed by atoms with Crippen LogP contribution in [0.15, 0.2) is 22.7 Å². The van der Waals surface area contributed by atoms with E-state index >= 15 is 0 Å². The fourth-order valence-electron chi connectivity index (χ4n) is 2.19. The molecule has 7 heteroatoms. The minimum atomic E-state index is -0.468. The van der Waals surface area contributed by atoms with Crippen molar-refractivity contribution in [2.75, 3.05) is 25.0 Å². The van der Waals surface area contributed by atoms with E-state index in [0.29, 0.717) is 16.7 Å². The Balaban J connectivity index is 1.98. The molecule has 0 aliphatic carbocycles. The molecule has 1 aliphatic rings. The Labute approximate surface area is 119 Å². The van der Waals surface area contributed by atoms with Gasteiger partial charge in [-0.1, -0.05) is 0 Å². The molecule has 0 saturated carbocycles. The second-order valence-corrected chi connectivity index (χ2v) is 5.46. The van der Waals surface area contributed by atoms with Crippen molar-refractivity contribution >= 4 is 33.2 Å². The van der Waals surface area contributed by atoms with Crippen LogP contribution >= 0.6 is 15.9 Å². The van der Waals surface area contributed by atoms with E-state index in [1.807, 2.05) is 0 Å². The number of hydrogen-bond acceptors (Lipinski definition) is 3. The van der Waals surface area contributed by atoms with Crippen LogP contribution in [-0.4, -0.2) is 30.5 Å². The van der Waals surface area contributed by atoms with Gasteiger partial charge in [-0.05, 0) is 22.0 Å². The smallest absolute Gasteiger partial charge is 0.279 e. The van der Waals surface area contributed by atoms with Crippen molar-refractivity contribution in [1.29, 1.82) is 0 Å². The number of halogens is 1. The predicted octanol–water partition coefficient (Wildman–Crippen LogP) is 0.975. The van der Waals surface area contributed by atoms with Gasteiger partial charge in [0.05, 0.1) is 23.7 Å². The van der Waals surface area contributed by atoms with Crippen LogP contribution in [-0.2, 0) is 4.79 Å². The first kappa shape index (κ1) is 14.0. The Morgan fingerprint density at radius 3 is 2.68 bits per heavy atom. The van der Waals surface area contributed by atoms with Crippen molar-refractivity contribution in [2.24, 2.45) is 0 Å². The number of quaternary nitrogens is 1. The molecule has 1 aromatic carbocycles. The van der Waals surface area contributed by atoms with Gasteiger partial charge in [0.15, 0.2) is 6.54 Å². The lowest BCUT2D eigenvalue weighted by atomic mass is 10.3. The highest BCUT2D eigenvalue weighted by Crippen LogP contribution is 2.26. The van der Waals surface area contributed by atoms with E-state index in [1.165, 1.54) is 29.9 Å². The number of hydrogen-bond donors (Lipinski definition) is 2. The molecule has 0 spiro atoms. The average molecular weight is 329 g/mol. The van der Waals surface area contributed by atoms with E-state index in [9.17, 15) is 14.9 Å². The highest BCUT2D eigenvalue weighted by atomic mass is 79.9. The van der Waals surface area contributed by atoms with Crippen molar-refractivity contribution in [3.8, 4) is 0 Å². The van der Waals surface area contributed by atoms with Crippen LogP contribution in [0.4, 0.5) is 11.4 Å². The molecule has 0 radical (unpaired) electrons. The maximum Gasteiger partial charge on any atom is 0.279 e. The van der Waals surface area contributed by atoms with Gasteiger partial charge in [0.1, 0.15) is 0 Å². The van der Waals surface area contributed by atoms with Crippen molar-refractivity contribution in [2.45, 2.75) is 12.8 Å². The zero-order valence-corrected chi connectivity index (χ0v) is 11.9. The molecule has 0 atom stereocenters. The van der Waals surface area contributed by atoms with Crippen LogP contribution in [0.2, 0.25) is 0 Å². The van der Waals surface area contributed by atoms with Gasteiger partial charge in [-0.2, -0.15) is 0 Å². The number of carbonyl (C=O) groups excluding carboxylic acids is 1. The number of nitro groups is 1. The van der Waals surface area contributed by atoms with Gasteiger partial charge in [-0.15, -0.1) is 0 Å². The highest BCUT2D eigenvalue weighted by molar-refractivity contribution is 9.10. The lowest BCUT2D eigenvalue weighted by Gasteiger charge is -2.12. The molecule has 0 bridgehead atoms. The molecule has 1 fully saturated rings. The first-order chi connectivity index (χ1) is 9.06. The Bertz CT molecular complexity index is 501. The fraction of sp³-hybridized carbons (Fsp3) is 0.417. The van der Waals surface area contributed by atoms with Gasteiger partial charge >= 0.3 is 0 Å². The fourth-order valence-corrected chi connectivity index (χ4v) is 2.66. The monoisotopic (exact) mass is 328 g/mol. The van der Waals surface area contributed by atoms with E-state index in [4.69, 9.17) is 0 Å². The molecule has 1 saturated heterocycles. The van der Waals surface area contributed by atoms with Crippen LogP contribution in [0, 0.1) is 10.1 Å². The van der Waals surface area contributed by atoms with Crippen LogP contribution in [0.3, 0.4) is 0 Å². The van der Waals surface area contributed by atoms with Crippen LogP contribution in [0.5, 0.6) is 0 Å². The number of nitro benzene ring substituents is 1. The number of carbonyl (C=O) groups is 1. The summed E-state index contributed by atoms with van der Waals surface area (Å²) >= 11 is 3.23. The molecule has 2 N–H and O–H groups in total. The number of likely N-dealkylation sites (tertiary alicyclic amines) is 1. The standard InChI is InChI=1S/C12H14BrN3O3/c13-10-7-9(16(18)19)3-4-11(10)14-12(17)8-15-5-1-2-6-15/h3-4,7H,1-2,5-6,8H2,(H,14,17)/p+1. The Hall–Kier alpha value is -1.47. The van der Waals surface area contributed by atoms with Gasteiger partial charge in [0, 0.05) is 29.4 Å². The third-order valence-corrected chi connectivity index (χ3v) is 3.81. The summed E-state index contributed by atoms with van der Waals surface area (Å²) in [6, 6.07) is 4.31. The van der Waals surface area contributed by atoms with E-state index < -0.39 is 4.92 Å². The molecule has 1 heterocycles. The Kier molecular flexibility index (Phi) is 4.49. The molecule has 1 aromatic rings.